The van der Waals surface area contributed by atoms with Crippen molar-refractivity contribution in [3.05, 3.63) is 11.9 Å². The molecule has 0 aliphatic carbocycles. The maximum absolute atomic E-state index is 12.7. The minimum Gasteiger partial charge on any atom is -0.381 e. The van der Waals surface area contributed by atoms with Crippen LogP contribution in [0.25, 0.3) is 0 Å². The molecule has 0 atom stereocenters. The second-order valence-corrected chi connectivity index (χ2v) is 4.90. The molecule has 0 aromatic carbocycles. The molecule has 1 aliphatic rings. The Kier molecular flexibility index (Phi) is 4.00. The van der Waals surface area contributed by atoms with Gasteiger partial charge in [0.15, 0.2) is 0 Å². The highest BCUT2D eigenvalue weighted by atomic mass is 19.4. The number of nitrogens with zero attached hydrogens (tertiary/aromatic N) is 2. The molecule has 20 heavy (non-hydrogen) atoms. The number of hydrogen-bond acceptors (Lipinski definition) is 6. The molecule has 112 valence electrons. The van der Waals surface area contributed by atoms with Crippen molar-refractivity contribution in [2.24, 2.45) is 5.84 Å². The third-order valence-corrected chi connectivity index (χ3v) is 3.15. The first kappa shape index (κ1) is 14.8. The van der Waals surface area contributed by atoms with Crippen LogP contribution in [0, 0.1) is 0 Å². The maximum Gasteiger partial charge on any atom is 0.451 e. The molecule has 4 N–H and O–H groups in total. The number of rotatable bonds is 3. The summed E-state index contributed by atoms with van der Waals surface area (Å²) >= 11 is 0. The summed E-state index contributed by atoms with van der Waals surface area (Å²) in [5, 5.41) is 3.02. The average Bonchev–Trinajstić information content (AvgIpc) is 2.37. The van der Waals surface area contributed by atoms with Crippen LogP contribution in [0.15, 0.2) is 6.07 Å². The van der Waals surface area contributed by atoms with Crippen molar-refractivity contribution in [2.45, 2.75) is 31.5 Å². The number of halogens is 3. The van der Waals surface area contributed by atoms with E-state index < -0.39 is 12.0 Å². The monoisotopic (exact) mass is 291 g/mol. The average molecular weight is 291 g/mol. The summed E-state index contributed by atoms with van der Waals surface area (Å²) in [7, 11) is 0. The Morgan fingerprint density at radius 3 is 2.40 bits per heavy atom. The van der Waals surface area contributed by atoms with Gasteiger partial charge in [-0.1, -0.05) is 0 Å². The zero-order chi connectivity index (χ0) is 14.8. The summed E-state index contributed by atoms with van der Waals surface area (Å²) in [6, 6.07) is 1.34. The molecule has 0 bridgehead atoms. The number of hydrogen-bond donors (Lipinski definition) is 3. The molecule has 1 saturated heterocycles. The van der Waals surface area contributed by atoms with Gasteiger partial charge in [-0.3, -0.25) is 0 Å². The minimum atomic E-state index is -4.63. The maximum atomic E-state index is 12.7. The van der Waals surface area contributed by atoms with Gasteiger partial charge < -0.3 is 15.5 Å². The van der Waals surface area contributed by atoms with Crippen LogP contribution in [-0.4, -0.2) is 28.7 Å². The van der Waals surface area contributed by atoms with Gasteiger partial charge in [0.25, 0.3) is 0 Å². The van der Waals surface area contributed by atoms with E-state index in [1.807, 2.05) is 6.92 Å². The van der Waals surface area contributed by atoms with E-state index in [1.54, 1.807) is 0 Å². The summed E-state index contributed by atoms with van der Waals surface area (Å²) < 4.78 is 43.4. The van der Waals surface area contributed by atoms with E-state index in [9.17, 15) is 13.2 Å². The van der Waals surface area contributed by atoms with Gasteiger partial charge in [-0.2, -0.15) is 13.2 Å². The third-order valence-electron chi connectivity index (χ3n) is 3.15. The number of nitrogens with one attached hydrogen (secondary N) is 2. The Bertz CT molecular complexity index is 474. The van der Waals surface area contributed by atoms with Crippen molar-refractivity contribution in [3.8, 4) is 0 Å². The second-order valence-electron chi connectivity index (χ2n) is 4.90. The van der Waals surface area contributed by atoms with Crippen molar-refractivity contribution in [1.82, 2.24) is 9.97 Å². The van der Waals surface area contributed by atoms with Crippen molar-refractivity contribution in [2.75, 3.05) is 24.0 Å². The van der Waals surface area contributed by atoms with E-state index in [0.29, 0.717) is 26.1 Å². The lowest BCUT2D eigenvalue weighted by Gasteiger charge is -2.35. The number of aromatic nitrogens is 2. The van der Waals surface area contributed by atoms with E-state index in [-0.39, 0.29) is 17.2 Å². The Morgan fingerprint density at radius 1 is 1.25 bits per heavy atom. The molecule has 1 aromatic heterocycles. The fourth-order valence-electron chi connectivity index (χ4n) is 1.97. The highest BCUT2D eigenvalue weighted by Crippen LogP contribution is 2.30. The number of alkyl halides is 3. The number of nitrogen functional groups attached to an aromatic ring is 1. The van der Waals surface area contributed by atoms with Crippen molar-refractivity contribution < 1.29 is 17.9 Å². The first-order valence-corrected chi connectivity index (χ1v) is 6.11. The van der Waals surface area contributed by atoms with Crippen molar-refractivity contribution >= 4 is 11.6 Å². The second kappa shape index (κ2) is 5.41. The van der Waals surface area contributed by atoms with Gasteiger partial charge in [-0.25, -0.2) is 15.8 Å². The van der Waals surface area contributed by atoms with Gasteiger partial charge in [-0.15, -0.1) is 0 Å². The molecule has 1 aromatic rings. The van der Waals surface area contributed by atoms with Crippen LogP contribution in [0.4, 0.5) is 24.8 Å². The zero-order valence-electron chi connectivity index (χ0n) is 10.9. The van der Waals surface area contributed by atoms with Crippen molar-refractivity contribution in [3.63, 3.8) is 0 Å². The number of nitrogens with two attached hydrogens (primary N) is 1. The van der Waals surface area contributed by atoms with Crippen LogP contribution >= 0.6 is 0 Å². The molecular formula is C11H16F3N5O. The van der Waals surface area contributed by atoms with Gasteiger partial charge in [0, 0.05) is 24.8 Å². The summed E-state index contributed by atoms with van der Waals surface area (Å²) in [5.74, 6) is 3.91. The van der Waals surface area contributed by atoms with Crippen LogP contribution in [0.5, 0.6) is 0 Å². The quantitative estimate of drug-likeness (QED) is 0.581. The lowest BCUT2D eigenvalue weighted by molar-refractivity contribution is -0.144. The van der Waals surface area contributed by atoms with E-state index >= 15 is 0 Å². The Hall–Kier alpha value is -1.61. The summed E-state index contributed by atoms with van der Waals surface area (Å²) in [5.41, 5.74) is 1.75. The zero-order valence-corrected chi connectivity index (χ0v) is 10.9. The SMILES string of the molecule is CC1(Nc2cc(NN)nc(C(F)(F)F)n2)CCOCC1. The molecule has 0 amide bonds. The highest BCUT2D eigenvalue weighted by molar-refractivity contribution is 5.48. The fourth-order valence-corrected chi connectivity index (χ4v) is 1.97. The Labute approximate surface area is 113 Å². The first-order valence-electron chi connectivity index (χ1n) is 6.11. The van der Waals surface area contributed by atoms with Gasteiger partial charge in [0.2, 0.25) is 5.82 Å². The molecular weight excluding hydrogens is 275 g/mol. The lowest BCUT2D eigenvalue weighted by atomic mass is 9.92. The molecule has 9 heteroatoms. The van der Waals surface area contributed by atoms with Crippen LogP contribution in [0.3, 0.4) is 0 Å². The van der Waals surface area contributed by atoms with E-state index in [0.717, 1.165) is 0 Å². The van der Waals surface area contributed by atoms with Crippen molar-refractivity contribution in [1.29, 1.82) is 0 Å². The molecule has 2 rings (SSSR count). The Morgan fingerprint density at radius 2 is 1.85 bits per heavy atom. The number of anilines is 2. The highest BCUT2D eigenvalue weighted by Gasteiger charge is 2.36. The summed E-state index contributed by atoms with van der Waals surface area (Å²) in [6.45, 7) is 3.03. The van der Waals surface area contributed by atoms with Crippen LogP contribution in [0.1, 0.15) is 25.6 Å². The lowest BCUT2D eigenvalue weighted by Crippen LogP contribution is -2.41. The van der Waals surface area contributed by atoms with Crippen LogP contribution < -0.4 is 16.6 Å². The van der Waals surface area contributed by atoms with Crippen LogP contribution in [0.2, 0.25) is 0 Å². The number of hydrazine groups is 1. The molecule has 6 nitrogen and oxygen atoms in total. The topological polar surface area (TPSA) is 85.1 Å². The number of ether oxygens (including phenoxy) is 1. The molecule has 0 spiro atoms. The molecule has 2 heterocycles. The minimum absolute atomic E-state index is 0.0877. The van der Waals surface area contributed by atoms with E-state index in [4.69, 9.17) is 10.6 Å². The van der Waals surface area contributed by atoms with Gasteiger partial charge in [0.1, 0.15) is 11.6 Å². The molecule has 1 aliphatic heterocycles. The normalized spacial score (nSPS) is 18.6. The molecule has 0 unspecified atom stereocenters. The summed E-state index contributed by atoms with van der Waals surface area (Å²) in [6.07, 6.45) is -3.26. The standard InChI is InChI=1S/C11H16F3N5O/c1-10(2-4-20-5-3-10)18-7-6-8(19-15)17-9(16-7)11(12,13)14/h6H,2-5,15H2,1H3,(H2,16,17,18,19). The first-order chi connectivity index (χ1) is 9.32. The predicted octanol–water partition coefficient (Wildman–Crippen LogP) is 1.76. The molecule has 1 fully saturated rings. The molecule has 0 radical (unpaired) electrons. The van der Waals surface area contributed by atoms with Crippen LogP contribution in [-0.2, 0) is 10.9 Å². The summed E-state index contributed by atoms with van der Waals surface area (Å²) in [4.78, 5) is 6.81. The van der Waals surface area contributed by atoms with E-state index in [1.165, 1.54) is 6.07 Å². The van der Waals surface area contributed by atoms with Gasteiger partial charge in [-0.05, 0) is 19.8 Å². The largest absolute Gasteiger partial charge is 0.451 e. The predicted molar refractivity (Wildman–Crippen MR) is 66.9 cm³/mol. The smallest absolute Gasteiger partial charge is 0.381 e. The fraction of sp³-hybridized carbons (Fsp3) is 0.636. The third kappa shape index (κ3) is 3.48. The molecule has 0 saturated carbocycles. The Balaban J connectivity index is 2.26. The van der Waals surface area contributed by atoms with E-state index in [2.05, 4.69) is 20.7 Å². The van der Waals surface area contributed by atoms with Gasteiger partial charge in [0.05, 0.1) is 0 Å². The van der Waals surface area contributed by atoms with Gasteiger partial charge >= 0.3 is 6.18 Å².